The van der Waals surface area contributed by atoms with Crippen LogP contribution in [0.2, 0.25) is 0 Å². The van der Waals surface area contributed by atoms with Gasteiger partial charge in [-0.05, 0) is 25.3 Å². The number of nitrogens with one attached hydrogen (secondary N) is 1. The van der Waals surface area contributed by atoms with Crippen LogP contribution >= 0.6 is 0 Å². The second-order valence-corrected chi connectivity index (χ2v) is 4.17. The number of hydrogen-bond acceptors (Lipinski definition) is 3. The third-order valence-electron chi connectivity index (χ3n) is 2.94. The summed E-state index contributed by atoms with van der Waals surface area (Å²) in [5.41, 5.74) is 0. The number of carbonyl (C=O) groups is 2. The van der Waals surface area contributed by atoms with Gasteiger partial charge in [0.15, 0.2) is 0 Å². The van der Waals surface area contributed by atoms with E-state index in [1.165, 1.54) is 0 Å². The lowest BCUT2D eigenvalue weighted by molar-refractivity contribution is -0.141. The number of nitrogens with zero attached hydrogens (tertiary/aromatic N) is 1. The maximum atomic E-state index is 10.9. The summed E-state index contributed by atoms with van der Waals surface area (Å²) in [6, 6.07) is -0.892. The Morgan fingerprint density at radius 3 is 2.65 bits per heavy atom. The molecule has 1 aliphatic rings. The van der Waals surface area contributed by atoms with E-state index in [1.54, 1.807) is 6.08 Å². The van der Waals surface area contributed by atoms with Crippen LogP contribution in [0.4, 0.5) is 4.79 Å². The van der Waals surface area contributed by atoms with E-state index in [0.717, 1.165) is 17.9 Å². The van der Waals surface area contributed by atoms with Gasteiger partial charge in [0.2, 0.25) is 0 Å². The number of amides is 1. The average Bonchev–Trinajstić information content (AvgIpc) is 2.69. The van der Waals surface area contributed by atoms with Gasteiger partial charge in [0.05, 0.1) is 0 Å². The van der Waals surface area contributed by atoms with Crippen LogP contribution in [-0.2, 0) is 4.79 Å². The molecule has 0 radical (unpaired) electrons. The molecule has 0 saturated carbocycles. The van der Waals surface area contributed by atoms with Crippen LogP contribution in [0.1, 0.15) is 12.8 Å². The number of carboxylic acids is 1. The minimum Gasteiger partial charge on any atom is -0.480 e. The predicted molar refractivity (Wildman–Crippen MR) is 61.9 cm³/mol. The van der Waals surface area contributed by atoms with Gasteiger partial charge in [-0.3, -0.25) is 4.90 Å². The van der Waals surface area contributed by atoms with Crippen LogP contribution in [0.3, 0.4) is 0 Å². The van der Waals surface area contributed by atoms with E-state index in [2.05, 4.69) is 11.9 Å². The molecule has 1 amide bonds. The lowest BCUT2D eigenvalue weighted by atomic mass is 10.0. The number of aliphatic carboxylic acids is 1. The Bertz CT molecular complexity index is 284. The minimum atomic E-state index is -1.15. The van der Waals surface area contributed by atoms with Crippen molar-refractivity contribution in [2.24, 2.45) is 5.92 Å². The smallest absolute Gasteiger partial charge is 0.408 e. The van der Waals surface area contributed by atoms with Gasteiger partial charge < -0.3 is 15.5 Å². The Morgan fingerprint density at radius 1 is 1.47 bits per heavy atom. The van der Waals surface area contributed by atoms with E-state index in [0.29, 0.717) is 19.5 Å². The van der Waals surface area contributed by atoms with Gasteiger partial charge in [-0.1, -0.05) is 6.08 Å². The lowest BCUT2D eigenvalue weighted by Gasteiger charge is -2.16. The Balaban J connectivity index is 2.42. The van der Waals surface area contributed by atoms with Gasteiger partial charge >= 0.3 is 12.1 Å². The molecule has 2 atom stereocenters. The first kappa shape index (κ1) is 13.5. The fraction of sp³-hybridized carbons (Fsp3) is 0.636. The number of rotatable bonds is 6. The molecule has 1 fully saturated rings. The predicted octanol–water partition coefficient (Wildman–Crippen LogP) is 0.605. The van der Waals surface area contributed by atoms with E-state index in [9.17, 15) is 9.59 Å². The Kier molecular flexibility index (Phi) is 4.96. The van der Waals surface area contributed by atoms with Gasteiger partial charge in [-0.15, -0.1) is 6.58 Å². The molecule has 3 N–H and O–H groups in total. The van der Waals surface area contributed by atoms with Crippen LogP contribution in [0.15, 0.2) is 12.7 Å². The van der Waals surface area contributed by atoms with E-state index in [1.807, 2.05) is 0 Å². The fourth-order valence-corrected chi connectivity index (χ4v) is 2.09. The zero-order valence-corrected chi connectivity index (χ0v) is 9.63. The summed E-state index contributed by atoms with van der Waals surface area (Å²) in [6.45, 7) is 5.33. The summed E-state index contributed by atoms with van der Waals surface area (Å²) in [4.78, 5) is 22.8. The van der Waals surface area contributed by atoms with Crippen molar-refractivity contribution in [3.05, 3.63) is 12.7 Å². The molecule has 0 spiro atoms. The van der Waals surface area contributed by atoms with Crippen molar-refractivity contribution in [1.82, 2.24) is 10.2 Å². The van der Waals surface area contributed by atoms with Crippen molar-refractivity contribution in [3.8, 4) is 0 Å². The first-order valence-corrected chi connectivity index (χ1v) is 5.60. The van der Waals surface area contributed by atoms with Crippen molar-refractivity contribution in [1.29, 1.82) is 0 Å². The van der Waals surface area contributed by atoms with Crippen molar-refractivity contribution in [3.63, 3.8) is 0 Å². The average molecular weight is 242 g/mol. The Labute approximate surface area is 99.9 Å². The van der Waals surface area contributed by atoms with Crippen molar-refractivity contribution in [2.45, 2.75) is 18.9 Å². The highest BCUT2D eigenvalue weighted by Crippen LogP contribution is 2.25. The van der Waals surface area contributed by atoms with Gasteiger partial charge in [0.25, 0.3) is 0 Å². The Morgan fingerprint density at radius 2 is 2.18 bits per heavy atom. The SMILES string of the molecule is C=CCNCCC1C[C@@H](C(=O)O)N(C(=O)O)C1. The van der Waals surface area contributed by atoms with Crippen LogP contribution < -0.4 is 5.32 Å². The highest BCUT2D eigenvalue weighted by molar-refractivity contribution is 5.80. The zero-order valence-electron chi connectivity index (χ0n) is 9.63. The van der Waals surface area contributed by atoms with Gasteiger partial charge in [0.1, 0.15) is 6.04 Å². The molecule has 17 heavy (non-hydrogen) atoms. The second-order valence-electron chi connectivity index (χ2n) is 4.17. The fourth-order valence-electron chi connectivity index (χ4n) is 2.09. The third kappa shape index (κ3) is 3.74. The molecule has 1 aliphatic heterocycles. The lowest BCUT2D eigenvalue weighted by Crippen LogP contribution is -2.39. The van der Waals surface area contributed by atoms with Gasteiger partial charge in [-0.2, -0.15) is 0 Å². The minimum absolute atomic E-state index is 0.115. The maximum Gasteiger partial charge on any atom is 0.408 e. The molecular formula is C11H18N2O4. The van der Waals surface area contributed by atoms with Crippen LogP contribution in [0.5, 0.6) is 0 Å². The summed E-state index contributed by atoms with van der Waals surface area (Å²) in [5.74, 6) is -0.946. The van der Waals surface area contributed by atoms with E-state index in [4.69, 9.17) is 10.2 Å². The monoisotopic (exact) mass is 242 g/mol. The molecule has 96 valence electrons. The molecule has 6 heteroatoms. The summed E-state index contributed by atoms with van der Waals surface area (Å²) >= 11 is 0. The topological polar surface area (TPSA) is 89.9 Å². The van der Waals surface area contributed by atoms with Gasteiger partial charge in [0, 0.05) is 13.1 Å². The molecule has 1 saturated heterocycles. The molecule has 1 unspecified atom stereocenters. The summed E-state index contributed by atoms with van der Waals surface area (Å²) < 4.78 is 0. The highest BCUT2D eigenvalue weighted by atomic mass is 16.4. The molecule has 6 nitrogen and oxygen atoms in total. The maximum absolute atomic E-state index is 10.9. The molecule has 0 aliphatic carbocycles. The number of likely N-dealkylation sites (tertiary alicyclic amines) is 1. The molecule has 0 bridgehead atoms. The number of hydrogen-bond donors (Lipinski definition) is 3. The van der Waals surface area contributed by atoms with Crippen molar-refractivity contribution in [2.75, 3.05) is 19.6 Å². The van der Waals surface area contributed by atoms with E-state index in [-0.39, 0.29) is 5.92 Å². The zero-order chi connectivity index (χ0) is 12.8. The first-order chi connectivity index (χ1) is 8.06. The molecule has 0 aromatic rings. The van der Waals surface area contributed by atoms with E-state index >= 15 is 0 Å². The largest absolute Gasteiger partial charge is 0.480 e. The van der Waals surface area contributed by atoms with Crippen LogP contribution in [-0.4, -0.2) is 52.9 Å². The molecule has 1 rings (SSSR count). The molecular weight excluding hydrogens is 224 g/mol. The summed E-state index contributed by atoms with van der Waals surface area (Å²) in [6.07, 6.45) is 1.77. The highest BCUT2D eigenvalue weighted by Gasteiger charge is 2.39. The first-order valence-electron chi connectivity index (χ1n) is 5.60. The molecule has 0 aromatic carbocycles. The van der Waals surface area contributed by atoms with Crippen molar-refractivity contribution >= 4 is 12.1 Å². The molecule has 1 heterocycles. The quantitative estimate of drug-likeness (QED) is 0.469. The van der Waals surface area contributed by atoms with Gasteiger partial charge in [-0.25, -0.2) is 9.59 Å². The Hall–Kier alpha value is -1.56. The summed E-state index contributed by atoms with van der Waals surface area (Å²) in [5, 5.41) is 20.9. The molecule has 0 aromatic heterocycles. The normalized spacial score (nSPS) is 23.6. The van der Waals surface area contributed by atoms with Crippen LogP contribution in [0, 0.1) is 5.92 Å². The summed E-state index contributed by atoms with van der Waals surface area (Å²) in [7, 11) is 0. The standard InChI is InChI=1S/C11H18N2O4/c1-2-4-12-5-3-8-6-9(10(14)15)13(7-8)11(16)17/h2,8-9,12H,1,3-7H2,(H,14,15)(H,16,17)/t8?,9-/m0/s1. The van der Waals surface area contributed by atoms with Crippen molar-refractivity contribution < 1.29 is 19.8 Å². The van der Waals surface area contributed by atoms with Crippen LogP contribution in [0.25, 0.3) is 0 Å². The third-order valence-corrected chi connectivity index (χ3v) is 2.94. The second kappa shape index (κ2) is 6.24. The number of carboxylic acid groups (broad SMARTS) is 2. The van der Waals surface area contributed by atoms with E-state index < -0.39 is 18.1 Å².